The van der Waals surface area contributed by atoms with Crippen LogP contribution < -0.4 is 17.8 Å². The SMILES string of the molecule is Cc1ccc(C)c(OS(=O)Nc2ccc(C)c(OS(=O)Nc3ccc(-c4nc5n(n4)N=C(C(C)(C)C)C5=Nc4ccc(C)cc4C(F)(F)F)cc3)c2)c1. The van der Waals surface area contributed by atoms with E-state index in [1.165, 1.54) is 10.9 Å². The van der Waals surface area contributed by atoms with Crippen LogP contribution in [-0.4, -0.2) is 34.7 Å². The molecule has 0 spiro atoms. The number of halogens is 3. The fourth-order valence-electron chi connectivity index (χ4n) is 5.23. The number of benzene rings is 4. The Morgan fingerprint density at radius 3 is 1.94 bits per heavy atom. The van der Waals surface area contributed by atoms with Crippen molar-refractivity contribution in [2.24, 2.45) is 15.5 Å². The van der Waals surface area contributed by atoms with E-state index in [-0.39, 0.29) is 23.0 Å². The first-order chi connectivity index (χ1) is 24.9. The molecule has 2 unspecified atom stereocenters. The summed E-state index contributed by atoms with van der Waals surface area (Å²) >= 11 is -3.92. The van der Waals surface area contributed by atoms with Crippen molar-refractivity contribution in [1.29, 1.82) is 0 Å². The molecule has 1 aliphatic heterocycles. The lowest BCUT2D eigenvalue weighted by Gasteiger charge is -2.18. The first kappa shape index (κ1) is 37.4. The van der Waals surface area contributed by atoms with E-state index in [4.69, 9.17) is 8.37 Å². The van der Waals surface area contributed by atoms with Crippen LogP contribution in [0.25, 0.3) is 11.4 Å². The topological polar surface area (TPSA) is 132 Å². The summed E-state index contributed by atoms with van der Waals surface area (Å²) in [5, 5.41) is 9.05. The molecule has 0 saturated heterocycles. The highest BCUT2D eigenvalue weighted by Gasteiger charge is 2.37. The third kappa shape index (κ3) is 8.66. The lowest BCUT2D eigenvalue weighted by molar-refractivity contribution is -0.137. The Hall–Kier alpha value is -5.35. The maximum Gasteiger partial charge on any atom is 0.418 e. The Labute approximate surface area is 310 Å². The first-order valence-electron chi connectivity index (χ1n) is 16.3. The highest BCUT2D eigenvalue weighted by Crippen LogP contribution is 2.38. The van der Waals surface area contributed by atoms with Gasteiger partial charge in [0.15, 0.2) is 5.82 Å². The van der Waals surface area contributed by atoms with E-state index < -0.39 is 39.7 Å². The zero-order valence-electron chi connectivity index (χ0n) is 29.8. The van der Waals surface area contributed by atoms with Gasteiger partial charge in [0, 0.05) is 22.7 Å². The summed E-state index contributed by atoms with van der Waals surface area (Å²) in [6.45, 7) is 12.8. The van der Waals surface area contributed by atoms with E-state index in [1.807, 2.05) is 46.8 Å². The van der Waals surface area contributed by atoms with Crippen molar-refractivity contribution in [3.8, 4) is 22.9 Å². The van der Waals surface area contributed by atoms with E-state index in [9.17, 15) is 21.6 Å². The molecule has 1 aromatic heterocycles. The van der Waals surface area contributed by atoms with Gasteiger partial charge in [0.2, 0.25) is 5.82 Å². The predicted octanol–water partition coefficient (Wildman–Crippen LogP) is 8.72. The highest BCUT2D eigenvalue weighted by molar-refractivity contribution is 7.82. The standard InChI is InChI=1S/C37H36F3N7O4S2/c1-21-9-17-29(28(18-21)37(38,39)40)41-32-33(36(5,6)7)43-47-35(32)42-34(44-47)25-12-15-26(16-13-25)45-52(48)51-31-20-27(14-11-24(31)4)46-53(49)50-30-19-22(2)8-10-23(30)3/h8-20,45-46H,1-7H3. The number of rotatable bonds is 10. The van der Waals surface area contributed by atoms with Crippen LogP contribution >= 0.6 is 0 Å². The van der Waals surface area contributed by atoms with Crippen LogP contribution in [-0.2, 0) is 28.7 Å². The first-order valence-corrected chi connectivity index (χ1v) is 18.5. The van der Waals surface area contributed by atoms with Crippen LogP contribution in [0.2, 0.25) is 0 Å². The molecule has 5 aromatic rings. The molecule has 2 atom stereocenters. The third-order valence-corrected chi connectivity index (χ3v) is 9.50. The number of alkyl halides is 3. The molecule has 0 radical (unpaired) electrons. The lowest BCUT2D eigenvalue weighted by Crippen LogP contribution is -2.27. The van der Waals surface area contributed by atoms with Gasteiger partial charge in [-0.25, -0.2) is 9.98 Å². The molecule has 0 saturated carbocycles. The Balaban J connectivity index is 1.16. The number of aryl methyl sites for hydroxylation is 4. The number of nitrogens with one attached hydrogen (secondary N) is 2. The molecule has 4 aromatic carbocycles. The van der Waals surface area contributed by atoms with Crippen molar-refractivity contribution in [3.63, 3.8) is 0 Å². The third-order valence-electron chi connectivity index (χ3n) is 8.03. The molecule has 1 aliphatic rings. The summed E-state index contributed by atoms with van der Waals surface area (Å²) in [5.74, 6) is 1.26. The number of aliphatic imine (C=N–C) groups is 1. The Morgan fingerprint density at radius 2 is 1.30 bits per heavy atom. The minimum absolute atomic E-state index is 0.200. The molecule has 53 heavy (non-hydrogen) atoms. The van der Waals surface area contributed by atoms with Gasteiger partial charge in [-0.05, 0) is 92.9 Å². The van der Waals surface area contributed by atoms with Gasteiger partial charge in [0.05, 0.1) is 22.6 Å². The maximum absolute atomic E-state index is 14.0. The Kier molecular flexibility index (Phi) is 10.3. The molecule has 11 nitrogen and oxygen atoms in total. The van der Waals surface area contributed by atoms with Crippen molar-refractivity contribution in [1.82, 2.24) is 14.9 Å². The highest BCUT2D eigenvalue weighted by atomic mass is 32.2. The zero-order valence-corrected chi connectivity index (χ0v) is 31.5. The number of anilines is 2. The minimum atomic E-state index is -4.61. The summed E-state index contributed by atoms with van der Waals surface area (Å²) in [5.41, 5.74) is 3.42. The normalized spacial score (nSPS) is 14.8. The van der Waals surface area contributed by atoms with Gasteiger partial charge in [0.1, 0.15) is 17.2 Å². The summed E-state index contributed by atoms with van der Waals surface area (Å²) in [7, 11) is 0. The van der Waals surface area contributed by atoms with E-state index in [2.05, 4.69) is 29.6 Å². The number of nitrogens with zero attached hydrogens (tertiary/aromatic N) is 5. The van der Waals surface area contributed by atoms with E-state index in [1.54, 1.807) is 68.4 Å². The quantitative estimate of drug-likeness (QED) is 0.146. The smallest absolute Gasteiger partial charge is 0.385 e. The van der Waals surface area contributed by atoms with Crippen molar-refractivity contribution in [2.75, 3.05) is 9.44 Å². The molecule has 2 N–H and O–H groups in total. The van der Waals surface area contributed by atoms with Crippen LogP contribution in [0.1, 0.15) is 54.4 Å². The minimum Gasteiger partial charge on any atom is -0.385 e. The van der Waals surface area contributed by atoms with E-state index in [0.29, 0.717) is 45.3 Å². The summed E-state index contributed by atoms with van der Waals surface area (Å²) in [6.07, 6.45) is -4.61. The molecule has 0 aliphatic carbocycles. The Morgan fingerprint density at radius 1 is 0.736 bits per heavy atom. The molecule has 6 rings (SSSR count). The number of fused-ring (bicyclic) bond motifs is 1. The summed E-state index contributed by atoms with van der Waals surface area (Å²) in [4.78, 5) is 10.3. The number of hydrogen-bond donors (Lipinski definition) is 2. The van der Waals surface area contributed by atoms with Crippen molar-refractivity contribution < 1.29 is 30.0 Å². The van der Waals surface area contributed by atoms with Gasteiger partial charge in [-0.2, -0.15) is 26.7 Å². The van der Waals surface area contributed by atoms with Crippen LogP contribution in [0.5, 0.6) is 11.5 Å². The summed E-state index contributed by atoms with van der Waals surface area (Å²) < 4.78 is 84.3. The number of aromatic nitrogens is 3. The van der Waals surface area contributed by atoms with E-state index in [0.717, 1.165) is 17.2 Å². The second-order valence-electron chi connectivity index (χ2n) is 13.5. The van der Waals surface area contributed by atoms with Gasteiger partial charge in [-0.3, -0.25) is 9.44 Å². The molecule has 276 valence electrons. The lowest BCUT2D eigenvalue weighted by atomic mass is 9.87. The average molecular weight is 764 g/mol. The van der Waals surface area contributed by atoms with Crippen LogP contribution in [0.15, 0.2) is 89.0 Å². The molecule has 0 fully saturated rings. The van der Waals surface area contributed by atoms with Gasteiger partial charge in [-0.15, -0.1) is 9.89 Å². The van der Waals surface area contributed by atoms with Gasteiger partial charge < -0.3 is 8.37 Å². The van der Waals surface area contributed by atoms with E-state index >= 15 is 0 Å². The molecule has 0 bridgehead atoms. The maximum atomic E-state index is 14.0. The zero-order chi connectivity index (χ0) is 38.2. The second-order valence-corrected chi connectivity index (χ2v) is 15.2. The largest absolute Gasteiger partial charge is 0.418 e. The molecular formula is C37H36F3N7O4S2. The number of hydrogen-bond acceptors (Lipinski definition) is 8. The molecular weight excluding hydrogens is 728 g/mol. The van der Waals surface area contributed by atoms with Crippen molar-refractivity contribution in [2.45, 2.75) is 54.6 Å². The molecule has 0 amide bonds. The van der Waals surface area contributed by atoms with Gasteiger partial charge >= 0.3 is 28.7 Å². The predicted molar refractivity (Wildman–Crippen MR) is 202 cm³/mol. The monoisotopic (exact) mass is 763 g/mol. The van der Waals surface area contributed by atoms with Crippen LogP contribution in [0.3, 0.4) is 0 Å². The fraction of sp³-hybridized carbons (Fsp3) is 0.243. The van der Waals surface area contributed by atoms with Gasteiger partial charge in [0.25, 0.3) is 0 Å². The summed E-state index contributed by atoms with van der Waals surface area (Å²) in [6, 6.07) is 21.3. The Bertz CT molecular complexity index is 2310. The second kappa shape index (κ2) is 14.6. The average Bonchev–Trinajstić information content (AvgIpc) is 3.64. The van der Waals surface area contributed by atoms with Crippen molar-refractivity contribution >= 4 is 51.0 Å². The fourth-order valence-corrected chi connectivity index (χ4v) is 6.65. The van der Waals surface area contributed by atoms with Crippen LogP contribution in [0.4, 0.5) is 30.2 Å². The van der Waals surface area contributed by atoms with Gasteiger partial charge in [-0.1, -0.05) is 50.6 Å². The van der Waals surface area contributed by atoms with Crippen molar-refractivity contribution in [3.05, 3.63) is 113 Å². The molecule has 2 heterocycles. The molecule has 16 heteroatoms. The van der Waals surface area contributed by atoms with Crippen LogP contribution in [0, 0.1) is 33.1 Å².